The molecule has 134 valence electrons. The van der Waals surface area contributed by atoms with Gasteiger partial charge in [-0.2, -0.15) is 0 Å². The predicted molar refractivity (Wildman–Crippen MR) is 98.3 cm³/mol. The molecule has 0 heterocycles. The van der Waals surface area contributed by atoms with E-state index in [-0.39, 0.29) is 5.56 Å². The summed E-state index contributed by atoms with van der Waals surface area (Å²) in [6.07, 6.45) is 0.647. The van der Waals surface area contributed by atoms with E-state index in [1.54, 1.807) is 36.4 Å². The molecule has 0 aliphatic rings. The van der Waals surface area contributed by atoms with E-state index < -0.39 is 16.8 Å². The first-order valence-electron chi connectivity index (χ1n) is 7.74. The molecule has 0 saturated heterocycles. The Hall–Kier alpha value is -2.05. The van der Waals surface area contributed by atoms with Crippen LogP contribution in [0.1, 0.15) is 16.8 Å². The average Bonchev–Trinajstić information content (AvgIpc) is 2.61. The van der Waals surface area contributed by atoms with Crippen molar-refractivity contribution in [2.75, 3.05) is 24.7 Å². The molecule has 0 aliphatic carbocycles. The minimum absolute atomic E-state index is 0.217. The maximum atomic E-state index is 11.9. The summed E-state index contributed by atoms with van der Waals surface area (Å²) in [6.45, 7) is 0.807. The van der Waals surface area contributed by atoms with E-state index in [2.05, 4.69) is 0 Å². The topological polar surface area (TPSA) is 72.8 Å². The summed E-state index contributed by atoms with van der Waals surface area (Å²) in [5.74, 6) is 1.31. The highest BCUT2D eigenvalue weighted by atomic mass is 35.5. The van der Waals surface area contributed by atoms with Gasteiger partial charge in [-0.05, 0) is 55.0 Å². The van der Waals surface area contributed by atoms with Crippen molar-refractivity contribution in [3.63, 3.8) is 0 Å². The largest absolute Gasteiger partial charge is 0.494 e. The van der Waals surface area contributed by atoms with Gasteiger partial charge in [-0.15, -0.1) is 0 Å². The van der Waals surface area contributed by atoms with Gasteiger partial charge in [0.15, 0.2) is 0 Å². The van der Waals surface area contributed by atoms with Gasteiger partial charge in [0.05, 0.1) is 24.5 Å². The van der Waals surface area contributed by atoms with Gasteiger partial charge in [0.2, 0.25) is 0 Å². The van der Waals surface area contributed by atoms with Gasteiger partial charge in [0, 0.05) is 21.6 Å². The highest BCUT2D eigenvalue weighted by Gasteiger charge is 2.04. The summed E-state index contributed by atoms with van der Waals surface area (Å²) in [5.41, 5.74) is 0.217. The van der Waals surface area contributed by atoms with Crippen LogP contribution in [0, 0.1) is 0 Å². The molecule has 0 radical (unpaired) electrons. The molecule has 2 aromatic carbocycles. The minimum atomic E-state index is -0.975. The second kappa shape index (κ2) is 10.1. The van der Waals surface area contributed by atoms with E-state index >= 15 is 0 Å². The lowest BCUT2D eigenvalue weighted by Gasteiger charge is -2.08. The molecule has 1 N–H and O–H groups in total. The van der Waals surface area contributed by atoms with Crippen molar-refractivity contribution in [2.45, 2.75) is 6.42 Å². The average molecular weight is 383 g/mol. The molecule has 0 spiro atoms. The van der Waals surface area contributed by atoms with Crippen LogP contribution in [0.15, 0.2) is 48.5 Å². The lowest BCUT2D eigenvalue weighted by molar-refractivity contribution is 0.0697. The van der Waals surface area contributed by atoms with E-state index in [0.717, 1.165) is 0 Å². The standard InChI is InChI=1S/C18H19ClO5S/c19-15-4-8-17(9-5-15)24-11-13-25(22)12-1-10-23-16-6-2-14(3-7-16)18(20)21/h2-9H,1,10-13H2,(H,20,21). The first-order valence-corrected chi connectivity index (χ1v) is 9.61. The molecule has 0 aromatic heterocycles. The Kier molecular flexibility index (Phi) is 7.76. The molecule has 25 heavy (non-hydrogen) atoms. The number of benzene rings is 2. The number of halogens is 1. The van der Waals surface area contributed by atoms with E-state index in [4.69, 9.17) is 26.2 Å². The lowest BCUT2D eigenvalue weighted by atomic mass is 10.2. The van der Waals surface area contributed by atoms with Crippen molar-refractivity contribution in [1.82, 2.24) is 0 Å². The van der Waals surface area contributed by atoms with Crippen LogP contribution >= 0.6 is 11.6 Å². The molecular weight excluding hydrogens is 364 g/mol. The fraction of sp³-hybridized carbons (Fsp3) is 0.278. The van der Waals surface area contributed by atoms with Crippen molar-refractivity contribution in [3.8, 4) is 11.5 Å². The third-order valence-corrected chi connectivity index (χ3v) is 4.90. The highest BCUT2D eigenvalue weighted by molar-refractivity contribution is 7.84. The second-order valence-corrected chi connectivity index (χ2v) is 7.31. The monoisotopic (exact) mass is 382 g/mol. The molecule has 0 bridgehead atoms. The number of carbonyl (C=O) groups is 1. The molecule has 1 atom stereocenters. The van der Waals surface area contributed by atoms with Gasteiger partial charge in [0.1, 0.15) is 11.5 Å². The third-order valence-electron chi connectivity index (χ3n) is 3.28. The van der Waals surface area contributed by atoms with Crippen molar-refractivity contribution in [1.29, 1.82) is 0 Å². The maximum Gasteiger partial charge on any atom is 0.335 e. The van der Waals surface area contributed by atoms with Gasteiger partial charge in [0.25, 0.3) is 0 Å². The molecule has 0 aliphatic heterocycles. The molecule has 7 heteroatoms. The number of hydrogen-bond donors (Lipinski definition) is 1. The highest BCUT2D eigenvalue weighted by Crippen LogP contribution is 2.15. The minimum Gasteiger partial charge on any atom is -0.494 e. The Morgan fingerprint density at radius 1 is 0.920 bits per heavy atom. The van der Waals surface area contributed by atoms with Crippen LogP contribution in [0.25, 0.3) is 0 Å². The van der Waals surface area contributed by atoms with Crippen LogP contribution in [0.2, 0.25) is 5.02 Å². The SMILES string of the molecule is O=C(O)c1ccc(OCCCS(=O)CCOc2ccc(Cl)cc2)cc1. The summed E-state index contributed by atoms with van der Waals surface area (Å²) in [6, 6.07) is 13.2. The van der Waals surface area contributed by atoms with E-state index in [1.165, 1.54) is 12.1 Å². The van der Waals surface area contributed by atoms with E-state index in [0.29, 0.717) is 47.7 Å². The number of ether oxygens (including phenoxy) is 2. The van der Waals surface area contributed by atoms with Crippen LogP contribution in [0.5, 0.6) is 11.5 Å². The van der Waals surface area contributed by atoms with Crippen LogP contribution in [0.3, 0.4) is 0 Å². The summed E-state index contributed by atoms with van der Waals surface area (Å²) in [5, 5.41) is 9.46. The van der Waals surface area contributed by atoms with Gasteiger partial charge < -0.3 is 14.6 Å². The summed E-state index contributed by atoms with van der Waals surface area (Å²) in [7, 11) is -0.975. The molecule has 0 amide bonds. The van der Waals surface area contributed by atoms with Crippen molar-refractivity contribution in [3.05, 3.63) is 59.1 Å². The molecule has 1 unspecified atom stereocenters. The Morgan fingerprint density at radius 2 is 1.48 bits per heavy atom. The van der Waals surface area contributed by atoms with Crippen LogP contribution in [0.4, 0.5) is 0 Å². The number of carboxylic acid groups (broad SMARTS) is 1. The zero-order chi connectivity index (χ0) is 18.1. The van der Waals surface area contributed by atoms with Crippen LogP contribution < -0.4 is 9.47 Å². The zero-order valence-electron chi connectivity index (χ0n) is 13.5. The third kappa shape index (κ3) is 7.15. The molecular formula is C18H19ClO5S. The van der Waals surface area contributed by atoms with Crippen molar-refractivity contribution in [2.24, 2.45) is 0 Å². The number of hydrogen-bond acceptors (Lipinski definition) is 4. The molecule has 2 aromatic rings. The molecule has 0 saturated carbocycles. The maximum absolute atomic E-state index is 11.9. The summed E-state index contributed by atoms with van der Waals surface area (Å²) in [4.78, 5) is 10.7. The van der Waals surface area contributed by atoms with Gasteiger partial charge >= 0.3 is 5.97 Å². The Labute approximate surface area is 154 Å². The number of rotatable bonds is 10. The smallest absolute Gasteiger partial charge is 0.335 e. The van der Waals surface area contributed by atoms with Crippen molar-refractivity contribution < 1.29 is 23.6 Å². The van der Waals surface area contributed by atoms with Crippen molar-refractivity contribution >= 4 is 28.4 Å². The zero-order valence-corrected chi connectivity index (χ0v) is 15.1. The Morgan fingerprint density at radius 3 is 2.08 bits per heavy atom. The van der Waals surface area contributed by atoms with E-state index in [9.17, 15) is 9.00 Å². The van der Waals surface area contributed by atoms with Gasteiger partial charge in [-0.1, -0.05) is 11.6 Å². The summed E-state index contributed by atoms with van der Waals surface area (Å²) < 4.78 is 22.9. The molecule has 2 rings (SSSR count). The molecule has 5 nitrogen and oxygen atoms in total. The fourth-order valence-corrected chi connectivity index (χ4v) is 3.03. The normalized spacial score (nSPS) is 11.7. The fourth-order valence-electron chi connectivity index (χ4n) is 1.99. The predicted octanol–water partition coefficient (Wildman–Crippen LogP) is 3.63. The second-order valence-electron chi connectivity index (χ2n) is 5.18. The first-order chi connectivity index (χ1) is 12.0. The summed E-state index contributed by atoms with van der Waals surface area (Å²) >= 11 is 5.79. The lowest BCUT2D eigenvalue weighted by Crippen LogP contribution is -2.13. The number of carboxylic acids is 1. The first kappa shape index (κ1) is 19.3. The van der Waals surface area contributed by atoms with Gasteiger partial charge in [-0.25, -0.2) is 4.79 Å². The van der Waals surface area contributed by atoms with E-state index in [1.807, 2.05) is 0 Å². The van der Waals surface area contributed by atoms with Crippen LogP contribution in [-0.4, -0.2) is 40.0 Å². The Balaban J connectivity index is 1.58. The molecule has 0 fully saturated rings. The van der Waals surface area contributed by atoms with Crippen LogP contribution in [-0.2, 0) is 10.8 Å². The quantitative estimate of drug-likeness (QED) is 0.635. The number of aromatic carboxylic acids is 1. The van der Waals surface area contributed by atoms with Gasteiger partial charge in [-0.3, -0.25) is 4.21 Å². The Bertz CT molecular complexity index is 700.